The van der Waals surface area contributed by atoms with Crippen LogP contribution in [-0.2, 0) is 6.54 Å². The molecule has 0 unspecified atom stereocenters. The van der Waals surface area contributed by atoms with Gasteiger partial charge in [-0.2, -0.15) is 8.78 Å². The van der Waals surface area contributed by atoms with E-state index in [-0.39, 0.29) is 23.3 Å². The van der Waals surface area contributed by atoms with Gasteiger partial charge < -0.3 is 24.2 Å². The van der Waals surface area contributed by atoms with Gasteiger partial charge in [0, 0.05) is 51.2 Å². The number of anilines is 2. The number of piperazine rings is 1. The number of hydrogen-bond acceptors (Lipinski definition) is 7. The summed E-state index contributed by atoms with van der Waals surface area (Å²) in [6, 6.07) is 3.29. The zero-order chi connectivity index (χ0) is 23.7. The molecule has 0 saturated carbocycles. The van der Waals surface area contributed by atoms with Gasteiger partial charge in [-0.15, -0.1) is 0 Å². The number of alkyl halides is 2. The molecule has 1 saturated heterocycles. The number of aromatic nitrogens is 3. The van der Waals surface area contributed by atoms with Gasteiger partial charge in [0.25, 0.3) is 0 Å². The Morgan fingerprint density at radius 2 is 1.79 bits per heavy atom. The second-order valence-electron chi connectivity index (χ2n) is 7.28. The van der Waals surface area contributed by atoms with Crippen molar-refractivity contribution in [3.8, 4) is 5.75 Å². The number of aromatic carboxylic acids is 1. The number of carboxylic acid groups (broad SMARTS) is 1. The van der Waals surface area contributed by atoms with Crippen LogP contribution in [0.5, 0.6) is 5.75 Å². The van der Waals surface area contributed by atoms with Gasteiger partial charge in [-0.1, -0.05) is 0 Å². The van der Waals surface area contributed by atoms with E-state index >= 15 is 0 Å². The van der Waals surface area contributed by atoms with E-state index in [1.807, 2.05) is 4.90 Å². The molecule has 0 spiro atoms. The molecule has 9 nitrogen and oxygen atoms in total. The van der Waals surface area contributed by atoms with Gasteiger partial charge in [0.05, 0.1) is 10.9 Å². The third kappa shape index (κ3) is 4.15. The number of halogens is 3. The maximum Gasteiger partial charge on any atom is 0.387 e. The molecule has 0 amide bonds. The summed E-state index contributed by atoms with van der Waals surface area (Å²) in [6.07, 6.45) is 3.22. The monoisotopic (exact) mass is 463 g/mol. The van der Waals surface area contributed by atoms with Gasteiger partial charge >= 0.3 is 12.6 Å². The molecule has 1 N–H and O–H groups in total. The zero-order valence-corrected chi connectivity index (χ0v) is 17.5. The average molecular weight is 463 g/mol. The standard InChI is InChI=1S/C21H20F3N5O4/c1-2-29-16-13(10-12(22)11-14(16)33-20(23)24)17(30)15(19(31)32)18(29)27-6-8-28(9-7-27)21-25-4-3-5-26-21/h3-5,10-11,20H,2,6-9H2,1H3,(H,31,32). The number of rotatable bonds is 6. The fraction of sp³-hybridized carbons (Fsp3) is 0.333. The SMILES string of the molecule is CCn1c(N2CCN(c3ncccn3)CC2)c(C(=O)O)c(=O)c2cc(F)cc(OC(F)F)c21. The molecule has 0 aliphatic carbocycles. The largest absolute Gasteiger partial charge is 0.477 e. The molecular formula is C21H20F3N5O4. The predicted molar refractivity (Wildman–Crippen MR) is 114 cm³/mol. The Morgan fingerprint density at radius 1 is 1.15 bits per heavy atom. The van der Waals surface area contributed by atoms with Crippen molar-refractivity contribution in [2.45, 2.75) is 20.1 Å². The zero-order valence-electron chi connectivity index (χ0n) is 17.5. The molecule has 3 aromatic rings. The van der Waals surface area contributed by atoms with Crippen LogP contribution in [0.2, 0.25) is 0 Å². The lowest BCUT2D eigenvalue weighted by Gasteiger charge is -2.38. The van der Waals surface area contributed by atoms with Crippen LogP contribution in [0.1, 0.15) is 17.3 Å². The van der Waals surface area contributed by atoms with Crippen LogP contribution < -0.4 is 20.0 Å². The van der Waals surface area contributed by atoms with E-state index in [4.69, 9.17) is 0 Å². The topological polar surface area (TPSA) is 101 Å². The highest BCUT2D eigenvalue weighted by atomic mass is 19.3. The summed E-state index contributed by atoms with van der Waals surface area (Å²) in [5.41, 5.74) is -1.61. The number of benzene rings is 1. The number of ether oxygens (including phenoxy) is 1. The first-order valence-corrected chi connectivity index (χ1v) is 10.2. The maximum atomic E-state index is 14.1. The van der Waals surface area contributed by atoms with Crippen molar-refractivity contribution in [3.05, 3.63) is 52.2 Å². The van der Waals surface area contributed by atoms with Gasteiger partial charge in [-0.05, 0) is 19.1 Å². The van der Waals surface area contributed by atoms with Crippen molar-refractivity contribution < 1.29 is 27.8 Å². The summed E-state index contributed by atoms with van der Waals surface area (Å²) in [6.45, 7) is 0.0340. The maximum absolute atomic E-state index is 14.1. The Kier molecular flexibility index (Phi) is 6.07. The van der Waals surface area contributed by atoms with E-state index in [2.05, 4.69) is 14.7 Å². The number of hydrogen-bond donors (Lipinski definition) is 1. The first kappa shape index (κ1) is 22.4. The van der Waals surface area contributed by atoms with Crippen molar-refractivity contribution in [1.29, 1.82) is 0 Å². The second kappa shape index (κ2) is 8.96. The van der Waals surface area contributed by atoms with Crippen LogP contribution in [-0.4, -0.2) is 58.4 Å². The summed E-state index contributed by atoms with van der Waals surface area (Å²) in [5.74, 6) is -2.44. The summed E-state index contributed by atoms with van der Waals surface area (Å²) < 4.78 is 46.1. The molecular weight excluding hydrogens is 443 g/mol. The fourth-order valence-electron chi connectivity index (χ4n) is 4.09. The van der Waals surface area contributed by atoms with Gasteiger partial charge in [0.1, 0.15) is 17.2 Å². The van der Waals surface area contributed by atoms with Crippen molar-refractivity contribution >= 4 is 28.6 Å². The quantitative estimate of drug-likeness (QED) is 0.596. The minimum absolute atomic E-state index is 0.0573. The number of pyridine rings is 1. The van der Waals surface area contributed by atoms with Crippen molar-refractivity contribution in [3.63, 3.8) is 0 Å². The van der Waals surface area contributed by atoms with E-state index in [1.165, 1.54) is 4.57 Å². The first-order valence-electron chi connectivity index (χ1n) is 10.2. The highest BCUT2D eigenvalue weighted by Crippen LogP contribution is 2.33. The van der Waals surface area contributed by atoms with Gasteiger partial charge in [-0.25, -0.2) is 19.2 Å². The first-order chi connectivity index (χ1) is 15.8. The van der Waals surface area contributed by atoms with Crippen LogP contribution in [0.25, 0.3) is 10.9 Å². The smallest absolute Gasteiger partial charge is 0.387 e. The molecule has 1 aromatic carbocycles. The molecule has 174 valence electrons. The number of fused-ring (bicyclic) bond motifs is 1. The number of aryl methyl sites for hydroxylation is 1. The van der Waals surface area contributed by atoms with E-state index in [9.17, 15) is 27.9 Å². The van der Waals surface area contributed by atoms with Crippen LogP contribution in [0.15, 0.2) is 35.4 Å². The summed E-state index contributed by atoms with van der Waals surface area (Å²) in [5, 5.41) is 9.51. The van der Waals surface area contributed by atoms with Crippen molar-refractivity contribution in [2.24, 2.45) is 0 Å². The Labute approximate surface area is 185 Å². The van der Waals surface area contributed by atoms with Crippen LogP contribution >= 0.6 is 0 Å². The molecule has 4 rings (SSSR count). The highest BCUT2D eigenvalue weighted by Gasteiger charge is 2.30. The number of nitrogens with zero attached hydrogens (tertiary/aromatic N) is 5. The van der Waals surface area contributed by atoms with E-state index in [0.29, 0.717) is 32.1 Å². The van der Waals surface area contributed by atoms with Gasteiger partial charge in [0.15, 0.2) is 5.75 Å². The molecule has 12 heteroatoms. The van der Waals surface area contributed by atoms with Crippen LogP contribution in [0.4, 0.5) is 24.9 Å². The fourth-order valence-corrected chi connectivity index (χ4v) is 4.09. The third-order valence-electron chi connectivity index (χ3n) is 5.42. The predicted octanol–water partition coefficient (Wildman–Crippen LogP) is 2.58. The second-order valence-corrected chi connectivity index (χ2v) is 7.28. The Bertz CT molecular complexity index is 1240. The molecule has 3 heterocycles. The Hall–Kier alpha value is -3.83. The normalized spacial score (nSPS) is 14.2. The lowest BCUT2D eigenvalue weighted by molar-refractivity contribution is -0.0491. The van der Waals surface area contributed by atoms with Crippen LogP contribution in [0.3, 0.4) is 0 Å². The summed E-state index contributed by atoms with van der Waals surface area (Å²) in [7, 11) is 0. The third-order valence-corrected chi connectivity index (χ3v) is 5.42. The summed E-state index contributed by atoms with van der Waals surface area (Å²) in [4.78, 5) is 37.3. The highest BCUT2D eigenvalue weighted by molar-refractivity contribution is 6.00. The molecule has 1 fully saturated rings. The number of carbonyl (C=O) groups is 1. The van der Waals surface area contributed by atoms with E-state index < -0.39 is 35.1 Å². The Balaban J connectivity index is 1.87. The lowest BCUT2D eigenvalue weighted by atomic mass is 10.1. The Morgan fingerprint density at radius 3 is 2.36 bits per heavy atom. The minimum atomic E-state index is -3.26. The van der Waals surface area contributed by atoms with E-state index in [0.717, 1.165) is 12.1 Å². The van der Waals surface area contributed by atoms with Crippen molar-refractivity contribution in [1.82, 2.24) is 14.5 Å². The van der Waals surface area contributed by atoms with E-state index in [1.54, 1.807) is 30.3 Å². The van der Waals surface area contributed by atoms with Crippen LogP contribution in [0, 0.1) is 5.82 Å². The number of carboxylic acids is 1. The molecule has 0 bridgehead atoms. The molecule has 1 aliphatic rings. The van der Waals surface area contributed by atoms with Gasteiger partial charge in [0.2, 0.25) is 11.4 Å². The summed E-state index contributed by atoms with van der Waals surface area (Å²) >= 11 is 0. The molecule has 0 radical (unpaired) electrons. The minimum Gasteiger partial charge on any atom is -0.477 e. The molecule has 0 atom stereocenters. The lowest BCUT2D eigenvalue weighted by Crippen LogP contribution is -2.49. The van der Waals surface area contributed by atoms with Gasteiger partial charge in [-0.3, -0.25) is 4.79 Å². The molecule has 2 aromatic heterocycles. The van der Waals surface area contributed by atoms with Crippen molar-refractivity contribution in [2.75, 3.05) is 36.0 Å². The molecule has 1 aliphatic heterocycles. The molecule has 33 heavy (non-hydrogen) atoms. The average Bonchev–Trinajstić information content (AvgIpc) is 2.79.